The van der Waals surface area contributed by atoms with Crippen LogP contribution in [-0.2, 0) is 23.1 Å². The van der Waals surface area contributed by atoms with E-state index in [9.17, 15) is 4.79 Å². The quantitative estimate of drug-likeness (QED) is 0.782. The molecule has 0 aromatic carbocycles. The number of carbonyl (C=O) groups is 1. The van der Waals surface area contributed by atoms with Crippen LogP contribution in [-0.4, -0.2) is 70.4 Å². The van der Waals surface area contributed by atoms with E-state index in [0.717, 1.165) is 51.3 Å². The number of hydrogen-bond acceptors (Lipinski definition) is 5. The van der Waals surface area contributed by atoms with Gasteiger partial charge in [0.1, 0.15) is 12.2 Å². The van der Waals surface area contributed by atoms with E-state index in [-0.39, 0.29) is 5.41 Å². The van der Waals surface area contributed by atoms with Crippen LogP contribution in [0.3, 0.4) is 0 Å². The number of aryl methyl sites for hydroxylation is 1. The fourth-order valence-corrected chi connectivity index (χ4v) is 3.69. The zero-order valence-corrected chi connectivity index (χ0v) is 13.5. The van der Waals surface area contributed by atoms with Gasteiger partial charge in [-0.2, -0.15) is 0 Å². The molecule has 0 bridgehead atoms. The molecule has 22 heavy (non-hydrogen) atoms. The van der Waals surface area contributed by atoms with Gasteiger partial charge in [0.25, 0.3) is 0 Å². The van der Waals surface area contributed by atoms with Crippen molar-refractivity contribution in [1.29, 1.82) is 0 Å². The minimum absolute atomic E-state index is 0.190. The van der Waals surface area contributed by atoms with Crippen LogP contribution in [0.5, 0.6) is 0 Å². The lowest BCUT2D eigenvalue weighted by molar-refractivity contribution is -0.146. The van der Waals surface area contributed by atoms with Crippen molar-refractivity contribution in [3.8, 4) is 0 Å². The Morgan fingerprint density at radius 1 is 1.36 bits per heavy atom. The molecule has 0 saturated carbocycles. The summed E-state index contributed by atoms with van der Waals surface area (Å²) in [4.78, 5) is 17.2. The molecular formula is C15H25N5O2. The highest BCUT2D eigenvalue weighted by molar-refractivity contribution is 5.84. The van der Waals surface area contributed by atoms with E-state index < -0.39 is 0 Å². The van der Waals surface area contributed by atoms with Crippen LogP contribution in [0.4, 0.5) is 0 Å². The average Bonchev–Trinajstić information content (AvgIpc) is 3.10. The number of nitrogens with zero attached hydrogens (tertiary/aromatic N) is 5. The Morgan fingerprint density at radius 2 is 2.23 bits per heavy atom. The lowest BCUT2D eigenvalue weighted by Crippen LogP contribution is -2.50. The summed E-state index contributed by atoms with van der Waals surface area (Å²) in [7, 11) is 3.64. The molecule has 2 saturated heterocycles. The van der Waals surface area contributed by atoms with Gasteiger partial charge in [-0.1, -0.05) is 0 Å². The molecule has 2 aliphatic rings. The first-order valence-electron chi connectivity index (χ1n) is 7.98. The maximum absolute atomic E-state index is 12.9. The third-order valence-corrected chi connectivity index (χ3v) is 4.99. The predicted molar refractivity (Wildman–Crippen MR) is 81.0 cm³/mol. The number of carbonyl (C=O) groups excluding carboxylic acids is 1. The number of aromatic nitrogens is 3. The molecule has 1 amide bonds. The summed E-state index contributed by atoms with van der Waals surface area (Å²) in [5, 5.41) is 8.07. The van der Waals surface area contributed by atoms with E-state index in [1.54, 1.807) is 13.4 Å². The largest absolute Gasteiger partial charge is 0.383 e. The van der Waals surface area contributed by atoms with E-state index in [1.807, 2.05) is 16.5 Å². The molecule has 7 heteroatoms. The lowest BCUT2D eigenvalue weighted by Gasteiger charge is -2.39. The van der Waals surface area contributed by atoms with Crippen molar-refractivity contribution in [2.75, 3.05) is 39.9 Å². The Labute approximate surface area is 131 Å². The Morgan fingerprint density at radius 3 is 2.95 bits per heavy atom. The normalized spacial score (nSPS) is 26.3. The van der Waals surface area contributed by atoms with Gasteiger partial charge < -0.3 is 14.2 Å². The lowest BCUT2D eigenvalue weighted by atomic mass is 9.78. The molecule has 122 valence electrons. The van der Waals surface area contributed by atoms with Crippen molar-refractivity contribution in [3.63, 3.8) is 0 Å². The van der Waals surface area contributed by atoms with Crippen LogP contribution in [0.15, 0.2) is 6.33 Å². The second-order valence-corrected chi connectivity index (χ2v) is 6.49. The second-order valence-electron chi connectivity index (χ2n) is 6.49. The summed E-state index contributed by atoms with van der Waals surface area (Å²) in [6.45, 7) is 4.75. The van der Waals surface area contributed by atoms with Gasteiger partial charge in [0.15, 0.2) is 0 Å². The van der Waals surface area contributed by atoms with E-state index >= 15 is 0 Å². The maximum Gasteiger partial charge on any atom is 0.230 e. The van der Waals surface area contributed by atoms with Gasteiger partial charge in [-0.3, -0.25) is 9.69 Å². The van der Waals surface area contributed by atoms with Crippen LogP contribution in [0.1, 0.15) is 25.1 Å². The molecule has 2 fully saturated rings. The molecule has 0 N–H and O–H groups in total. The maximum atomic E-state index is 12.9. The minimum Gasteiger partial charge on any atom is -0.383 e. The SMILES string of the molecule is COCCN1CCC[C@@]2(CCN(Cc3nncn3C)C2)C1=O. The summed E-state index contributed by atoms with van der Waals surface area (Å²) >= 11 is 0. The Bertz CT molecular complexity index is 532. The summed E-state index contributed by atoms with van der Waals surface area (Å²) < 4.78 is 7.07. The highest BCUT2D eigenvalue weighted by Crippen LogP contribution is 2.40. The van der Waals surface area contributed by atoms with Crippen LogP contribution < -0.4 is 0 Å². The number of amides is 1. The summed E-state index contributed by atoms with van der Waals surface area (Å²) in [6, 6.07) is 0. The molecule has 3 rings (SSSR count). The van der Waals surface area contributed by atoms with Gasteiger partial charge >= 0.3 is 0 Å². The number of piperidine rings is 1. The Balaban J connectivity index is 1.64. The smallest absolute Gasteiger partial charge is 0.230 e. The van der Waals surface area contributed by atoms with Crippen molar-refractivity contribution in [1.82, 2.24) is 24.6 Å². The van der Waals surface area contributed by atoms with Gasteiger partial charge in [0.05, 0.1) is 18.6 Å². The van der Waals surface area contributed by atoms with Crippen LogP contribution in [0.25, 0.3) is 0 Å². The summed E-state index contributed by atoms with van der Waals surface area (Å²) in [6.07, 6.45) is 4.77. The predicted octanol–water partition coefficient (Wildman–Crippen LogP) is 0.276. The molecule has 7 nitrogen and oxygen atoms in total. The Kier molecular flexibility index (Phi) is 4.44. The topological polar surface area (TPSA) is 63.5 Å². The molecule has 3 heterocycles. The molecule has 1 aromatic rings. The van der Waals surface area contributed by atoms with Crippen LogP contribution in [0.2, 0.25) is 0 Å². The first kappa shape index (κ1) is 15.4. The first-order chi connectivity index (χ1) is 10.6. The third kappa shape index (κ3) is 2.87. The molecule has 0 aliphatic carbocycles. The van der Waals surface area contributed by atoms with Gasteiger partial charge in [-0.05, 0) is 25.8 Å². The van der Waals surface area contributed by atoms with E-state index in [1.165, 1.54) is 0 Å². The molecule has 1 atom stereocenters. The zero-order valence-electron chi connectivity index (χ0n) is 13.5. The first-order valence-corrected chi connectivity index (χ1v) is 7.98. The fraction of sp³-hybridized carbons (Fsp3) is 0.800. The molecular weight excluding hydrogens is 282 g/mol. The number of hydrogen-bond donors (Lipinski definition) is 0. The average molecular weight is 307 g/mol. The van der Waals surface area contributed by atoms with Crippen LogP contribution >= 0.6 is 0 Å². The third-order valence-electron chi connectivity index (χ3n) is 4.99. The highest BCUT2D eigenvalue weighted by Gasteiger charge is 2.48. The monoisotopic (exact) mass is 307 g/mol. The molecule has 1 spiro atoms. The van der Waals surface area contributed by atoms with Gasteiger partial charge in [0.2, 0.25) is 5.91 Å². The second kappa shape index (κ2) is 6.34. The number of ether oxygens (including phenoxy) is 1. The van der Waals surface area contributed by atoms with Gasteiger partial charge in [0, 0.05) is 33.8 Å². The summed E-state index contributed by atoms with van der Waals surface area (Å²) in [5.41, 5.74) is -0.190. The van der Waals surface area contributed by atoms with Gasteiger partial charge in [-0.25, -0.2) is 0 Å². The number of likely N-dealkylation sites (tertiary alicyclic amines) is 2. The number of methoxy groups -OCH3 is 1. The molecule has 0 radical (unpaired) electrons. The van der Waals surface area contributed by atoms with Crippen molar-refractivity contribution < 1.29 is 9.53 Å². The van der Waals surface area contributed by atoms with Crippen molar-refractivity contribution >= 4 is 5.91 Å². The van der Waals surface area contributed by atoms with E-state index in [0.29, 0.717) is 19.1 Å². The van der Waals surface area contributed by atoms with Crippen molar-refractivity contribution in [2.45, 2.75) is 25.8 Å². The number of rotatable bonds is 5. The van der Waals surface area contributed by atoms with Crippen LogP contribution in [0, 0.1) is 5.41 Å². The van der Waals surface area contributed by atoms with E-state index in [2.05, 4.69) is 15.1 Å². The standard InChI is InChI=1S/C15H25N5O2/c1-18-12-16-17-13(18)10-19-7-5-15(11-19)4-3-6-20(14(15)21)8-9-22-2/h12H,3-11H2,1-2H3/t15-/m0/s1. The Hall–Kier alpha value is -1.47. The van der Waals surface area contributed by atoms with Crippen molar-refractivity contribution in [2.24, 2.45) is 12.5 Å². The molecule has 2 aliphatic heterocycles. The molecule has 0 unspecified atom stereocenters. The van der Waals surface area contributed by atoms with Crippen molar-refractivity contribution in [3.05, 3.63) is 12.2 Å². The highest BCUT2D eigenvalue weighted by atomic mass is 16.5. The fourth-order valence-electron chi connectivity index (χ4n) is 3.69. The molecule has 1 aromatic heterocycles. The zero-order chi connectivity index (χ0) is 15.6. The summed E-state index contributed by atoms with van der Waals surface area (Å²) in [5.74, 6) is 1.27. The van der Waals surface area contributed by atoms with E-state index in [4.69, 9.17) is 4.74 Å². The van der Waals surface area contributed by atoms with Gasteiger partial charge in [-0.15, -0.1) is 10.2 Å². The minimum atomic E-state index is -0.190.